The SMILES string of the molecule is CCc1nn(Cc2cccc(OC)c2)c(=NCc2cccc(OC)c2)s1. The second-order valence-corrected chi connectivity index (χ2v) is 6.85. The molecule has 3 aromatic rings. The first-order valence-electron chi connectivity index (χ1n) is 8.55. The van der Waals surface area contributed by atoms with Gasteiger partial charge in [-0.05, 0) is 41.8 Å². The molecule has 136 valence electrons. The zero-order chi connectivity index (χ0) is 18.4. The number of methoxy groups -OCH3 is 2. The molecule has 0 atom stereocenters. The third-order valence-corrected chi connectivity index (χ3v) is 5.09. The molecule has 5 nitrogen and oxygen atoms in total. The van der Waals surface area contributed by atoms with Gasteiger partial charge >= 0.3 is 0 Å². The number of hydrogen-bond acceptors (Lipinski definition) is 5. The molecule has 2 aromatic carbocycles. The first kappa shape index (κ1) is 18.2. The van der Waals surface area contributed by atoms with Crippen molar-refractivity contribution < 1.29 is 9.47 Å². The summed E-state index contributed by atoms with van der Waals surface area (Å²) in [6.07, 6.45) is 0.900. The molecular formula is C20H23N3O2S. The van der Waals surface area contributed by atoms with Crippen LogP contribution in [0.5, 0.6) is 11.5 Å². The average Bonchev–Trinajstić information content (AvgIpc) is 3.08. The summed E-state index contributed by atoms with van der Waals surface area (Å²) in [5.74, 6) is 1.70. The van der Waals surface area contributed by atoms with E-state index in [9.17, 15) is 0 Å². The van der Waals surface area contributed by atoms with Crippen molar-refractivity contribution >= 4 is 11.3 Å². The minimum atomic E-state index is 0.598. The van der Waals surface area contributed by atoms with Crippen molar-refractivity contribution in [3.63, 3.8) is 0 Å². The quantitative estimate of drug-likeness (QED) is 0.638. The molecule has 0 saturated carbocycles. The van der Waals surface area contributed by atoms with Crippen LogP contribution in [0.25, 0.3) is 0 Å². The zero-order valence-corrected chi connectivity index (χ0v) is 16.1. The molecule has 0 aliphatic rings. The molecule has 0 radical (unpaired) electrons. The van der Waals surface area contributed by atoms with Gasteiger partial charge in [-0.15, -0.1) is 0 Å². The van der Waals surface area contributed by atoms with Crippen LogP contribution >= 0.6 is 11.3 Å². The number of benzene rings is 2. The topological polar surface area (TPSA) is 48.6 Å². The van der Waals surface area contributed by atoms with E-state index in [-0.39, 0.29) is 0 Å². The maximum absolute atomic E-state index is 5.31. The Bertz CT molecular complexity index is 931. The van der Waals surface area contributed by atoms with Crippen molar-refractivity contribution in [3.8, 4) is 11.5 Å². The number of ether oxygens (including phenoxy) is 2. The molecule has 0 unspecified atom stereocenters. The first-order valence-corrected chi connectivity index (χ1v) is 9.36. The molecule has 0 spiro atoms. The van der Waals surface area contributed by atoms with Gasteiger partial charge in [0.15, 0.2) is 0 Å². The number of aromatic nitrogens is 2. The van der Waals surface area contributed by atoms with E-state index in [1.807, 2.05) is 41.1 Å². The Kier molecular flexibility index (Phi) is 6.07. The Morgan fingerprint density at radius 1 is 1.00 bits per heavy atom. The van der Waals surface area contributed by atoms with E-state index in [0.29, 0.717) is 13.1 Å². The van der Waals surface area contributed by atoms with Crippen LogP contribution in [0.4, 0.5) is 0 Å². The monoisotopic (exact) mass is 369 g/mol. The molecule has 0 N–H and O–H groups in total. The summed E-state index contributed by atoms with van der Waals surface area (Å²) in [7, 11) is 3.36. The molecule has 1 heterocycles. The minimum Gasteiger partial charge on any atom is -0.497 e. The summed E-state index contributed by atoms with van der Waals surface area (Å²) in [5.41, 5.74) is 2.25. The van der Waals surface area contributed by atoms with Gasteiger partial charge < -0.3 is 9.47 Å². The van der Waals surface area contributed by atoms with Gasteiger partial charge in [-0.2, -0.15) is 5.10 Å². The number of nitrogens with zero attached hydrogens (tertiary/aromatic N) is 3. The number of aryl methyl sites for hydroxylation is 1. The third-order valence-electron chi connectivity index (χ3n) is 3.96. The Labute approximate surface area is 157 Å². The van der Waals surface area contributed by atoms with E-state index in [2.05, 4.69) is 19.1 Å². The third kappa shape index (κ3) is 4.52. The molecular weight excluding hydrogens is 346 g/mol. The highest BCUT2D eigenvalue weighted by Crippen LogP contribution is 2.15. The van der Waals surface area contributed by atoms with Gasteiger partial charge in [0.05, 0.1) is 27.3 Å². The van der Waals surface area contributed by atoms with Gasteiger partial charge in [0.25, 0.3) is 0 Å². The largest absolute Gasteiger partial charge is 0.497 e. The summed E-state index contributed by atoms with van der Waals surface area (Å²) >= 11 is 1.64. The molecule has 0 aliphatic heterocycles. The van der Waals surface area contributed by atoms with Gasteiger partial charge in [-0.25, -0.2) is 4.68 Å². The highest BCUT2D eigenvalue weighted by Gasteiger charge is 2.06. The number of rotatable bonds is 7. The fourth-order valence-electron chi connectivity index (χ4n) is 2.59. The second kappa shape index (κ2) is 8.67. The maximum atomic E-state index is 5.31. The lowest BCUT2D eigenvalue weighted by atomic mass is 10.2. The van der Waals surface area contributed by atoms with Gasteiger partial charge in [-0.1, -0.05) is 42.5 Å². The second-order valence-electron chi connectivity index (χ2n) is 5.81. The molecule has 0 amide bonds. The summed E-state index contributed by atoms with van der Waals surface area (Å²) in [6, 6.07) is 16.0. The molecule has 0 bridgehead atoms. The van der Waals surface area contributed by atoms with Gasteiger partial charge in [0.1, 0.15) is 16.5 Å². The van der Waals surface area contributed by atoms with Crippen LogP contribution in [0.15, 0.2) is 53.5 Å². The van der Waals surface area contributed by atoms with Crippen LogP contribution in [0.3, 0.4) is 0 Å². The van der Waals surface area contributed by atoms with Crippen LogP contribution in [0, 0.1) is 0 Å². The maximum Gasteiger partial charge on any atom is 0.203 e. The highest BCUT2D eigenvalue weighted by molar-refractivity contribution is 7.08. The normalized spacial score (nSPS) is 11.6. The molecule has 0 saturated heterocycles. The molecule has 0 fully saturated rings. The summed E-state index contributed by atoms with van der Waals surface area (Å²) in [6.45, 7) is 3.38. The lowest BCUT2D eigenvalue weighted by molar-refractivity contribution is 0.414. The first-order chi connectivity index (χ1) is 12.7. The van der Waals surface area contributed by atoms with Crippen LogP contribution in [0.2, 0.25) is 0 Å². The zero-order valence-electron chi connectivity index (χ0n) is 15.3. The minimum absolute atomic E-state index is 0.598. The average molecular weight is 369 g/mol. The summed E-state index contributed by atoms with van der Waals surface area (Å²) in [5, 5.41) is 5.78. The number of hydrogen-bond donors (Lipinski definition) is 0. The molecule has 6 heteroatoms. The predicted molar refractivity (Wildman–Crippen MR) is 104 cm³/mol. The van der Waals surface area contributed by atoms with Crippen molar-refractivity contribution in [2.75, 3.05) is 14.2 Å². The molecule has 3 rings (SSSR count). The van der Waals surface area contributed by atoms with E-state index in [1.54, 1.807) is 25.6 Å². The summed E-state index contributed by atoms with van der Waals surface area (Å²) in [4.78, 5) is 5.71. The van der Waals surface area contributed by atoms with E-state index in [0.717, 1.165) is 38.9 Å². The smallest absolute Gasteiger partial charge is 0.203 e. The predicted octanol–water partition coefficient (Wildman–Crippen LogP) is 3.67. The van der Waals surface area contributed by atoms with Crippen molar-refractivity contribution in [1.29, 1.82) is 0 Å². The van der Waals surface area contributed by atoms with Crippen LogP contribution in [-0.2, 0) is 19.5 Å². The molecule has 26 heavy (non-hydrogen) atoms. The molecule has 1 aromatic heterocycles. The molecule has 0 aliphatic carbocycles. The highest BCUT2D eigenvalue weighted by atomic mass is 32.1. The van der Waals surface area contributed by atoms with Gasteiger partial charge in [0, 0.05) is 0 Å². The summed E-state index contributed by atoms with van der Waals surface area (Å²) < 4.78 is 12.6. The fraction of sp³-hybridized carbons (Fsp3) is 0.300. The van der Waals surface area contributed by atoms with E-state index >= 15 is 0 Å². The van der Waals surface area contributed by atoms with Gasteiger partial charge in [0.2, 0.25) is 4.80 Å². The van der Waals surface area contributed by atoms with Gasteiger partial charge in [-0.3, -0.25) is 4.99 Å². The van der Waals surface area contributed by atoms with Crippen molar-refractivity contribution in [2.24, 2.45) is 4.99 Å². The van der Waals surface area contributed by atoms with Crippen molar-refractivity contribution in [2.45, 2.75) is 26.4 Å². The van der Waals surface area contributed by atoms with E-state index in [4.69, 9.17) is 19.6 Å². The van der Waals surface area contributed by atoms with Crippen molar-refractivity contribution in [3.05, 3.63) is 69.5 Å². The Balaban J connectivity index is 1.87. The fourth-order valence-corrected chi connectivity index (χ4v) is 3.42. The Hall–Kier alpha value is -2.60. The standard InChI is InChI=1S/C20H23N3O2S/c1-4-19-22-23(14-16-8-6-10-18(12-16)25-3)20(26-19)21-13-15-7-5-9-17(11-15)24-2/h5-12H,4,13-14H2,1-3H3. The van der Waals surface area contributed by atoms with Crippen LogP contribution < -0.4 is 14.3 Å². The van der Waals surface area contributed by atoms with Crippen LogP contribution in [0.1, 0.15) is 23.1 Å². The Morgan fingerprint density at radius 2 is 1.65 bits per heavy atom. The van der Waals surface area contributed by atoms with Crippen molar-refractivity contribution in [1.82, 2.24) is 9.78 Å². The lowest BCUT2D eigenvalue weighted by Gasteiger charge is -2.05. The van der Waals surface area contributed by atoms with E-state index < -0.39 is 0 Å². The lowest BCUT2D eigenvalue weighted by Crippen LogP contribution is -2.17. The Morgan fingerprint density at radius 3 is 2.31 bits per heavy atom. The van der Waals surface area contributed by atoms with E-state index in [1.165, 1.54) is 0 Å². The van der Waals surface area contributed by atoms with Crippen LogP contribution in [-0.4, -0.2) is 24.0 Å².